The summed E-state index contributed by atoms with van der Waals surface area (Å²) in [5.74, 6) is 0.510. The van der Waals surface area contributed by atoms with E-state index in [1.54, 1.807) is 24.9 Å². The molecule has 3 aromatic rings. The van der Waals surface area contributed by atoms with Gasteiger partial charge in [-0.2, -0.15) is 5.10 Å². The molecule has 7 heteroatoms. The smallest absolute Gasteiger partial charge is 0.249 e. The Bertz CT molecular complexity index is 1000. The molecule has 4 atom stereocenters. The number of hydrogen-bond donors (Lipinski definition) is 3. The zero-order chi connectivity index (χ0) is 21.8. The molecule has 0 bridgehead atoms. The zero-order valence-corrected chi connectivity index (χ0v) is 17.9. The lowest BCUT2D eigenvalue weighted by molar-refractivity contribution is -0.119. The summed E-state index contributed by atoms with van der Waals surface area (Å²) < 4.78 is 1.56. The SMILES string of the molecule is Cc1ncn([C@@H](C)C(=O)Nc2ccc(CC3CC[C@H]([C@H](O)c4ccccc4)N3)cc2)n1. The number of anilines is 1. The van der Waals surface area contributed by atoms with Gasteiger partial charge in [0.1, 0.15) is 18.2 Å². The van der Waals surface area contributed by atoms with Gasteiger partial charge in [0, 0.05) is 17.8 Å². The molecule has 0 aliphatic carbocycles. The quantitative estimate of drug-likeness (QED) is 0.547. The molecule has 2 aromatic carbocycles. The highest BCUT2D eigenvalue weighted by atomic mass is 16.3. The van der Waals surface area contributed by atoms with Gasteiger partial charge in [-0.05, 0) is 56.4 Å². The van der Waals surface area contributed by atoms with Crippen molar-refractivity contribution < 1.29 is 9.90 Å². The number of amides is 1. The normalized spacial score (nSPS) is 20.4. The highest BCUT2D eigenvalue weighted by Crippen LogP contribution is 2.27. The maximum atomic E-state index is 12.5. The van der Waals surface area contributed by atoms with Gasteiger partial charge in [-0.1, -0.05) is 42.5 Å². The summed E-state index contributed by atoms with van der Waals surface area (Å²) >= 11 is 0. The topological polar surface area (TPSA) is 92.1 Å². The first-order chi connectivity index (χ1) is 15.0. The maximum absolute atomic E-state index is 12.5. The van der Waals surface area contributed by atoms with Crippen molar-refractivity contribution in [2.45, 2.75) is 57.3 Å². The lowest BCUT2D eigenvalue weighted by Crippen LogP contribution is -2.35. The van der Waals surface area contributed by atoms with Crippen molar-refractivity contribution >= 4 is 11.6 Å². The first kappa shape index (κ1) is 21.2. The number of nitrogens with one attached hydrogen (secondary N) is 2. The molecule has 7 nitrogen and oxygen atoms in total. The van der Waals surface area contributed by atoms with Crippen LogP contribution in [0.5, 0.6) is 0 Å². The first-order valence-electron chi connectivity index (χ1n) is 10.8. The molecule has 3 N–H and O–H groups in total. The third kappa shape index (κ3) is 5.18. The summed E-state index contributed by atoms with van der Waals surface area (Å²) in [6, 6.07) is 17.7. The van der Waals surface area contributed by atoms with E-state index in [0.717, 1.165) is 30.5 Å². The molecule has 1 fully saturated rings. The van der Waals surface area contributed by atoms with Crippen LogP contribution in [0.1, 0.15) is 48.9 Å². The molecule has 1 unspecified atom stereocenters. The van der Waals surface area contributed by atoms with Gasteiger partial charge in [-0.25, -0.2) is 9.67 Å². The third-order valence-corrected chi connectivity index (χ3v) is 5.90. The number of aromatic nitrogens is 3. The number of nitrogens with zero attached hydrogens (tertiary/aromatic N) is 3. The van der Waals surface area contributed by atoms with E-state index >= 15 is 0 Å². The minimum absolute atomic E-state index is 0.0767. The standard InChI is InChI=1S/C24H29N5O2/c1-16(29-15-25-17(2)28-29)24(31)27-20-10-8-18(9-11-20)14-21-12-13-22(26-21)23(30)19-6-4-3-5-7-19/h3-11,15-16,21-23,26,30H,12-14H2,1-2H3,(H,27,31)/t16-,21?,22+,23+/m0/s1. The summed E-state index contributed by atoms with van der Waals surface area (Å²) in [4.78, 5) is 16.5. The molecule has 0 saturated carbocycles. The van der Waals surface area contributed by atoms with Crippen LogP contribution in [0, 0.1) is 6.92 Å². The third-order valence-electron chi connectivity index (χ3n) is 5.90. The number of aryl methyl sites for hydroxylation is 1. The van der Waals surface area contributed by atoms with Crippen LogP contribution < -0.4 is 10.6 Å². The number of aliphatic hydroxyl groups is 1. The number of carbonyl (C=O) groups is 1. The Kier molecular flexibility index (Phi) is 6.44. The molecular formula is C24H29N5O2. The van der Waals surface area contributed by atoms with Crippen molar-refractivity contribution in [3.8, 4) is 0 Å². The minimum atomic E-state index is -0.487. The summed E-state index contributed by atoms with van der Waals surface area (Å²) in [5, 5.41) is 21.4. The van der Waals surface area contributed by atoms with Crippen LogP contribution in [0.15, 0.2) is 60.9 Å². The molecule has 1 saturated heterocycles. The second-order valence-corrected chi connectivity index (χ2v) is 8.24. The van der Waals surface area contributed by atoms with E-state index in [2.05, 4.69) is 20.7 Å². The number of benzene rings is 2. The fourth-order valence-electron chi connectivity index (χ4n) is 4.07. The Hall–Kier alpha value is -3.03. The van der Waals surface area contributed by atoms with Crippen LogP contribution in [0.25, 0.3) is 0 Å². The second kappa shape index (κ2) is 9.41. The van der Waals surface area contributed by atoms with E-state index in [0.29, 0.717) is 11.9 Å². The van der Waals surface area contributed by atoms with Gasteiger partial charge in [0.2, 0.25) is 5.91 Å². The summed E-state index contributed by atoms with van der Waals surface area (Å²) in [7, 11) is 0. The van der Waals surface area contributed by atoms with Gasteiger partial charge in [0.05, 0.1) is 6.10 Å². The van der Waals surface area contributed by atoms with E-state index in [-0.39, 0.29) is 11.9 Å². The molecule has 0 spiro atoms. The molecule has 1 aromatic heterocycles. The first-order valence-corrected chi connectivity index (χ1v) is 10.8. The maximum Gasteiger partial charge on any atom is 0.249 e. The highest BCUT2D eigenvalue weighted by molar-refractivity contribution is 5.93. The molecule has 162 valence electrons. The summed E-state index contributed by atoms with van der Waals surface area (Å²) in [6.45, 7) is 3.59. The predicted molar refractivity (Wildman–Crippen MR) is 120 cm³/mol. The average Bonchev–Trinajstić information content (AvgIpc) is 3.44. The van der Waals surface area contributed by atoms with Gasteiger partial charge >= 0.3 is 0 Å². The van der Waals surface area contributed by atoms with Crippen molar-refractivity contribution in [2.75, 3.05) is 5.32 Å². The Morgan fingerprint density at radius 2 is 1.94 bits per heavy atom. The van der Waals surface area contributed by atoms with Gasteiger partial charge in [-0.15, -0.1) is 0 Å². The van der Waals surface area contributed by atoms with E-state index in [9.17, 15) is 9.90 Å². The molecule has 1 aliphatic heterocycles. The molecule has 1 amide bonds. The Balaban J connectivity index is 1.29. The highest BCUT2D eigenvalue weighted by Gasteiger charge is 2.29. The van der Waals surface area contributed by atoms with Gasteiger partial charge in [0.25, 0.3) is 0 Å². The number of rotatable bonds is 7. The minimum Gasteiger partial charge on any atom is -0.387 e. The molecule has 1 aliphatic rings. The fourth-order valence-corrected chi connectivity index (χ4v) is 4.07. The number of aliphatic hydroxyl groups excluding tert-OH is 1. The van der Waals surface area contributed by atoms with Crippen LogP contribution in [-0.2, 0) is 11.2 Å². The number of hydrogen-bond acceptors (Lipinski definition) is 5. The molecule has 0 radical (unpaired) electrons. The lowest BCUT2D eigenvalue weighted by atomic mass is 10.0. The Morgan fingerprint density at radius 1 is 1.19 bits per heavy atom. The average molecular weight is 420 g/mol. The van der Waals surface area contributed by atoms with Gasteiger partial charge in [0.15, 0.2) is 0 Å². The van der Waals surface area contributed by atoms with Crippen molar-refractivity contribution in [3.05, 3.63) is 77.9 Å². The van der Waals surface area contributed by atoms with Crippen LogP contribution >= 0.6 is 0 Å². The van der Waals surface area contributed by atoms with Crippen LogP contribution in [0.4, 0.5) is 5.69 Å². The Labute approximate surface area is 182 Å². The molecule has 4 rings (SSSR count). The monoisotopic (exact) mass is 419 g/mol. The molecule has 31 heavy (non-hydrogen) atoms. The summed E-state index contributed by atoms with van der Waals surface area (Å²) in [6.07, 6.45) is 3.95. The largest absolute Gasteiger partial charge is 0.387 e. The lowest BCUT2D eigenvalue weighted by Gasteiger charge is -2.20. The van der Waals surface area contributed by atoms with Crippen molar-refractivity contribution in [1.29, 1.82) is 0 Å². The van der Waals surface area contributed by atoms with Crippen molar-refractivity contribution in [1.82, 2.24) is 20.1 Å². The van der Waals surface area contributed by atoms with E-state index < -0.39 is 12.1 Å². The van der Waals surface area contributed by atoms with Crippen LogP contribution in [0.3, 0.4) is 0 Å². The van der Waals surface area contributed by atoms with E-state index in [1.165, 1.54) is 5.56 Å². The van der Waals surface area contributed by atoms with Crippen molar-refractivity contribution in [3.63, 3.8) is 0 Å². The van der Waals surface area contributed by atoms with Gasteiger partial charge < -0.3 is 15.7 Å². The fraction of sp³-hybridized carbons (Fsp3) is 0.375. The van der Waals surface area contributed by atoms with Crippen molar-refractivity contribution in [2.24, 2.45) is 0 Å². The van der Waals surface area contributed by atoms with E-state index in [4.69, 9.17) is 0 Å². The number of carbonyl (C=O) groups excluding carboxylic acids is 1. The van der Waals surface area contributed by atoms with Gasteiger partial charge in [-0.3, -0.25) is 4.79 Å². The Morgan fingerprint density at radius 3 is 2.61 bits per heavy atom. The van der Waals surface area contributed by atoms with Crippen LogP contribution in [-0.4, -0.2) is 37.9 Å². The van der Waals surface area contributed by atoms with E-state index in [1.807, 2.05) is 54.6 Å². The predicted octanol–water partition coefficient (Wildman–Crippen LogP) is 3.18. The zero-order valence-electron chi connectivity index (χ0n) is 17.9. The molecule has 2 heterocycles. The van der Waals surface area contributed by atoms with Crippen LogP contribution in [0.2, 0.25) is 0 Å². The molecular weight excluding hydrogens is 390 g/mol. The second-order valence-electron chi connectivity index (χ2n) is 8.24. The summed E-state index contributed by atoms with van der Waals surface area (Å²) in [5.41, 5.74) is 2.91.